The minimum atomic E-state index is -0.0235. The summed E-state index contributed by atoms with van der Waals surface area (Å²) in [6, 6.07) is 46.0. The predicted octanol–water partition coefficient (Wildman–Crippen LogP) is 15.8. The molecule has 3 aliphatic rings. The van der Waals surface area contributed by atoms with Gasteiger partial charge in [0.05, 0.1) is 11.4 Å². The van der Waals surface area contributed by atoms with E-state index in [1.807, 2.05) is 11.3 Å². The SMILES string of the molecule is CC(C)(C)c1ccc(-c2cc(C(C)(C)C)ccc2N2c3ccc(C(C)(C)C)cc3B3c4sc5ccc(C(C)(C)C)cc5c4N(c4ccc5c(c4)C(C)(C)CC5(C)C)c4cccc2c43)cc1. The van der Waals surface area contributed by atoms with Crippen LogP contribution in [0.4, 0.5) is 34.1 Å². The van der Waals surface area contributed by atoms with Crippen molar-refractivity contribution < 1.29 is 0 Å². The lowest BCUT2D eigenvalue weighted by atomic mass is 9.36. The third-order valence-corrected chi connectivity index (χ3v) is 16.3. The Morgan fingerprint density at radius 2 is 1.03 bits per heavy atom. The second-order valence-electron chi connectivity index (χ2n) is 25.1. The minimum absolute atomic E-state index is 0.0123. The van der Waals surface area contributed by atoms with E-state index >= 15 is 0 Å². The molecule has 4 heteroatoms. The molecule has 0 saturated carbocycles. The number of hydrogen-bond donors (Lipinski definition) is 0. The first-order valence-corrected chi connectivity index (χ1v) is 24.9. The number of rotatable bonds is 3. The fourth-order valence-electron chi connectivity index (χ4n) is 11.6. The molecule has 65 heavy (non-hydrogen) atoms. The number of fused-ring (bicyclic) bond motifs is 7. The molecule has 6 aromatic carbocycles. The zero-order valence-corrected chi connectivity index (χ0v) is 42.9. The molecule has 2 nitrogen and oxygen atoms in total. The van der Waals surface area contributed by atoms with Crippen molar-refractivity contribution >= 4 is 78.0 Å². The average molecular weight is 873 g/mol. The molecule has 0 unspecified atom stereocenters. The van der Waals surface area contributed by atoms with Crippen molar-refractivity contribution in [3.05, 3.63) is 149 Å². The van der Waals surface area contributed by atoms with Gasteiger partial charge in [-0.1, -0.05) is 171 Å². The normalized spacial score (nSPS) is 16.4. The zero-order valence-electron chi connectivity index (χ0n) is 42.1. The number of hydrogen-bond acceptors (Lipinski definition) is 3. The summed E-state index contributed by atoms with van der Waals surface area (Å²) in [6.45, 7) is 37.8. The second kappa shape index (κ2) is 14.2. The van der Waals surface area contributed by atoms with Gasteiger partial charge in [0.2, 0.25) is 0 Å². The monoisotopic (exact) mass is 873 g/mol. The van der Waals surface area contributed by atoms with Gasteiger partial charge in [-0.15, -0.1) is 11.3 Å². The van der Waals surface area contributed by atoms with Crippen LogP contribution in [-0.2, 0) is 32.5 Å². The average Bonchev–Trinajstić information content (AvgIpc) is 3.68. The summed E-state index contributed by atoms with van der Waals surface area (Å²) in [5.74, 6) is 0. The third kappa shape index (κ3) is 7.03. The van der Waals surface area contributed by atoms with Crippen LogP contribution >= 0.6 is 11.3 Å². The largest absolute Gasteiger partial charge is 0.311 e. The van der Waals surface area contributed by atoms with Gasteiger partial charge in [-0.05, 0) is 143 Å². The Morgan fingerprint density at radius 3 is 1.66 bits per heavy atom. The van der Waals surface area contributed by atoms with Crippen LogP contribution in [0.3, 0.4) is 0 Å². The van der Waals surface area contributed by atoms with Crippen LogP contribution < -0.4 is 25.5 Å². The molecule has 332 valence electrons. The standard InChI is InChI=1S/C61H69BN2S/c1-56(2,3)38-22-20-37(21-23-38)43-32-39(57(4,5)6)24-29-48(43)64-49-30-25-41(59(10,11)12)34-47(49)62-53-50(18-17-19-51(53)64)63(42-27-28-45-46(35-42)61(15,16)36-60(45,13)14)54-44-33-40(58(7,8)9)26-31-52(44)65-55(54)62/h17-35H,36H2,1-16H3. The molecule has 0 spiro atoms. The molecular weight excluding hydrogens is 804 g/mol. The van der Waals surface area contributed by atoms with Crippen LogP contribution in [-0.4, -0.2) is 6.71 Å². The molecule has 0 bridgehead atoms. The Bertz CT molecular complexity index is 3060. The highest BCUT2D eigenvalue weighted by Crippen LogP contribution is 2.54. The Morgan fingerprint density at radius 1 is 0.492 bits per heavy atom. The fraction of sp³-hybridized carbons (Fsp3) is 0.377. The van der Waals surface area contributed by atoms with Crippen LogP contribution in [0.5, 0.6) is 0 Å². The van der Waals surface area contributed by atoms with Gasteiger partial charge in [0.25, 0.3) is 6.71 Å². The van der Waals surface area contributed by atoms with Crippen LogP contribution in [0.2, 0.25) is 0 Å². The smallest absolute Gasteiger partial charge is 0.264 e. The predicted molar refractivity (Wildman–Crippen MR) is 287 cm³/mol. The Hall–Kier alpha value is -5.06. The minimum Gasteiger partial charge on any atom is -0.311 e. The lowest BCUT2D eigenvalue weighted by molar-refractivity contribution is 0.403. The van der Waals surface area contributed by atoms with Crippen molar-refractivity contribution in [1.29, 1.82) is 0 Å². The summed E-state index contributed by atoms with van der Waals surface area (Å²) in [5, 5.41) is 1.35. The van der Waals surface area contributed by atoms with E-state index in [4.69, 9.17) is 0 Å². The van der Waals surface area contributed by atoms with E-state index in [0.29, 0.717) is 0 Å². The van der Waals surface area contributed by atoms with Crippen molar-refractivity contribution in [3.63, 3.8) is 0 Å². The highest BCUT2D eigenvalue weighted by atomic mass is 32.1. The zero-order chi connectivity index (χ0) is 46.6. The summed E-state index contributed by atoms with van der Waals surface area (Å²) in [6.07, 6.45) is 1.14. The summed E-state index contributed by atoms with van der Waals surface area (Å²) in [4.78, 5) is 5.29. The maximum Gasteiger partial charge on any atom is 0.264 e. The quantitative estimate of drug-likeness (QED) is 0.163. The Balaban J connectivity index is 1.30. The molecule has 7 aromatic rings. The van der Waals surface area contributed by atoms with Gasteiger partial charge in [-0.25, -0.2) is 0 Å². The molecule has 10 rings (SSSR count). The maximum atomic E-state index is 2.67. The van der Waals surface area contributed by atoms with Crippen molar-refractivity contribution in [2.24, 2.45) is 0 Å². The molecule has 0 amide bonds. The van der Waals surface area contributed by atoms with Crippen LogP contribution in [0, 0.1) is 0 Å². The van der Waals surface area contributed by atoms with Crippen molar-refractivity contribution in [2.75, 3.05) is 9.80 Å². The van der Waals surface area contributed by atoms with Gasteiger partial charge in [0.15, 0.2) is 0 Å². The number of thiophene rings is 1. The highest BCUT2D eigenvalue weighted by molar-refractivity contribution is 7.33. The molecule has 0 radical (unpaired) electrons. The summed E-state index contributed by atoms with van der Waals surface area (Å²) in [5.41, 5.74) is 21.5. The Labute approximate surface area is 395 Å². The van der Waals surface area contributed by atoms with E-state index in [1.165, 1.54) is 104 Å². The van der Waals surface area contributed by atoms with E-state index in [9.17, 15) is 0 Å². The number of anilines is 6. The molecule has 0 N–H and O–H groups in total. The summed E-state index contributed by atoms with van der Waals surface area (Å²) in [7, 11) is 0. The first-order chi connectivity index (χ1) is 30.2. The van der Waals surface area contributed by atoms with Crippen LogP contribution in [0.15, 0.2) is 115 Å². The topological polar surface area (TPSA) is 6.48 Å². The lowest BCUT2D eigenvalue weighted by Crippen LogP contribution is -2.60. The first kappa shape index (κ1) is 43.8. The third-order valence-electron chi connectivity index (χ3n) is 15.1. The summed E-state index contributed by atoms with van der Waals surface area (Å²) < 4.78 is 2.78. The highest BCUT2D eigenvalue weighted by Gasteiger charge is 2.47. The van der Waals surface area contributed by atoms with Crippen LogP contribution in [0.1, 0.15) is 151 Å². The van der Waals surface area contributed by atoms with Gasteiger partial charge < -0.3 is 9.80 Å². The van der Waals surface area contributed by atoms with Crippen molar-refractivity contribution in [1.82, 2.24) is 0 Å². The molecule has 1 aliphatic carbocycles. The van der Waals surface area contributed by atoms with E-state index in [0.717, 1.165) is 6.42 Å². The number of nitrogens with zero attached hydrogens (tertiary/aromatic N) is 2. The molecule has 0 saturated heterocycles. The fourth-order valence-corrected chi connectivity index (χ4v) is 12.9. The molecule has 1 aromatic heterocycles. The number of benzene rings is 6. The van der Waals surface area contributed by atoms with Crippen molar-refractivity contribution in [3.8, 4) is 11.1 Å². The van der Waals surface area contributed by atoms with E-state index in [1.54, 1.807) is 0 Å². The molecule has 2 aliphatic heterocycles. The Kier molecular flexibility index (Phi) is 9.59. The van der Waals surface area contributed by atoms with Gasteiger partial charge in [0.1, 0.15) is 0 Å². The summed E-state index contributed by atoms with van der Waals surface area (Å²) >= 11 is 2.00. The van der Waals surface area contributed by atoms with Gasteiger partial charge in [-0.2, -0.15) is 0 Å². The molecular formula is C61H69BN2S. The van der Waals surface area contributed by atoms with Gasteiger partial charge >= 0.3 is 0 Å². The van der Waals surface area contributed by atoms with E-state index in [2.05, 4.69) is 236 Å². The van der Waals surface area contributed by atoms with Crippen molar-refractivity contribution in [2.45, 2.75) is 150 Å². The lowest BCUT2D eigenvalue weighted by Gasteiger charge is -2.44. The second-order valence-corrected chi connectivity index (χ2v) is 26.2. The molecule has 0 atom stereocenters. The van der Waals surface area contributed by atoms with E-state index < -0.39 is 0 Å². The molecule has 3 heterocycles. The maximum absolute atomic E-state index is 2.67. The van der Waals surface area contributed by atoms with E-state index in [-0.39, 0.29) is 39.2 Å². The van der Waals surface area contributed by atoms with Gasteiger partial charge in [0, 0.05) is 43.2 Å². The first-order valence-electron chi connectivity index (χ1n) is 24.1. The van der Waals surface area contributed by atoms with Crippen LogP contribution in [0.25, 0.3) is 21.2 Å². The molecule has 0 fully saturated rings. The van der Waals surface area contributed by atoms with Gasteiger partial charge in [-0.3, -0.25) is 0 Å².